The maximum atomic E-state index is 12.1. The van der Waals surface area contributed by atoms with Gasteiger partial charge in [-0.2, -0.15) is 0 Å². The topological polar surface area (TPSA) is 84.9 Å². The highest BCUT2D eigenvalue weighted by molar-refractivity contribution is 6.30. The average Bonchev–Trinajstić information content (AvgIpc) is 2.88. The van der Waals surface area contributed by atoms with Crippen LogP contribution in [0.2, 0.25) is 5.02 Å². The number of carboxylic acid groups (broad SMARTS) is 1. The van der Waals surface area contributed by atoms with E-state index < -0.39 is 23.5 Å². The minimum absolute atomic E-state index is 0.0437. The van der Waals surface area contributed by atoms with Crippen LogP contribution in [-0.2, 0) is 14.3 Å². The predicted octanol–water partition coefficient (Wildman–Crippen LogP) is 1.47. The molecule has 1 heterocycles. The van der Waals surface area contributed by atoms with Crippen LogP contribution in [0.4, 0.5) is 0 Å². The van der Waals surface area contributed by atoms with E-state index >= 15 is 0 Å². The summed E-state index contributed by atoms with van der Waals surface area (Å²) in [6.07, 6.45) is -0.613. The number of benzene rings is 1. The van der Waals surface area contributed by atoms with E-state index in [9.17, 15) is 14.7 Å². The van der Waals surface area contributed by atoms with Gasteiger partial charge in [-0.1, -0.05) is 17.7 Å². The first kappa shape index (κ1) is 15.6. The molecular formula is C14H16ClNO5. The molecule has 2 N–H and O–H groups in total. The molecular weight excluding hydrogens is 298 g/mol. The van der Waals surface area contributed by atoms with Crippen molar-refractivity contribution in [2.45, 2.75) is 25.0 Å². The van der Waals surface area contributed by atoms with E-state index in [2.05, 4.69) is 5.32 Å². The average molecular weight is 314 g/mol. The predicted molar refractivity (Wildman–Crippen MR) is 75.5 cm³/mol. The lowest BCUT2D eigenvalue weighted by Crippen LogP contribution is -2.57. The Morgan fingerprint density at radius 3 is 2.86 bits per heavy atom. The summed E-state index contributed by atoms with van der Waals surface area (Å²) in [4.78, 5) is 23.4. The number of hydrogen-bond acceptors (Lipinski definition) is 4. The van der Waals surface area contributed by atoms with Gasteiger partial charge in [0.05, 0.1) is 6.61 Å². The number of ether oxygens (including phenoxy) is 2. The Labute approximate surface area is 127 Å². The molecule has 114 valence electrons. The number of halogens is 1. The standard InChI is InChI=1S/C14H16ClNO5/c1-9(21-11-4-2-3-10(15)7-11)12(17)16-14(13(18)19)5-6-20-8-14/h2-4,7,9H,5-6,8H2,1H3,(H,16,17)(H,18,19). The summed E-state index contributed by atoms with van der Waals surface area (Å²) in [5.41, 5.74) is -1.37. The summed E-state index contributed by atoms with van der Waals surface area (Å²) in [6.45, 7) is 1.80. The van der Waals surface area contributed by atoms with Gasteiger partial charge in [0.1, 0.15) is 5.75 Å². The number of aliphatic carboxylic acids is 1. The van der Waals surface area contributed by atoms with E-state index in [4.69, 9.17) is 21.1 Å². The van der Waals surface area contributed by atoms with Crippen molar-refractivity contribution < 1.29 is 24.2 Å². The number of carbonyl (C=O) groups excluding carboxylic acids is 1. The van der Waals surface area contributed by atoms with E-state index in [1.165, 1.54) is 0 Å². The Morgan fingerprint density at radius 2 is 2.29 bits per heavy atom. The Hall–Kier alpha value is -1.79. The van der Waals surface area contributed by atoms with Gasteiger partial charge in [0, 0.05) is 18.1 Å². The van der Waals surface area contributed by atoms with Gasteiger partial charge in [0.25, 0.3) is 5.91 Å². The quantitative estimate of drug-likeness (QED) is 0.860. The van der Waals surface area contributed by atoms with Crippen LogP contribution >= 0.6 is 11.6 Å². The molecule has 0 radical (unpaired) electrons. The van der Waals surface area contributed by atoms with Gasteiger partial charge in [-0.25, -0.2) is 4.79 Å². The molecule has 0 bridgehead atoms. The van der Waals surface area contributed by atoms with Crippen LogP contribution in [-0.4, -0.2) is 41.8 Å². The minimum Gasteiger partial charge on any atom is -0.481 e. The van der Waals surface area contributed by atoms with Crippen LogP contribution in [0.3, 0.4) is 0 Å². The largest absolute Gasteiger partial charge is 0.481 e. The molecule has 2 rings (SSSR count). The molecule has 0 saturated carbocycles. The van der Waals surface area contributed by atoms with Crippen LogP contribution in [0.5, 0.6) is 5.75 Å². The third-order valence-electron chi connectivity index (χ3n) is 3.27. The molecule has 0 spiro atoms. The summed E-state index contributed by atoms with van der Waals surface area (Å²) in [6, 6.07) is 6.64. The molecule has 1 fully saturated rings. The highest BCUT2D eigenvalue weighted by Gasteiger charge is 2.44. The van der Waals surface area contributed by atoms with Crippen molar-refractivity contribution >= 4 is 23.5 Å². The fourth-order valence-corrected chi connectivity index (χ4v) is 2.20. The number of hydrogen-bond donors (Lipinski definition) is 2. The summed E-state index contributed by atoms with van der Waals surface area (Å²) >= 11 is 5.83. The molecule has 0 aromatic heterocycles. The Kier molecular flexibility index (Phi) is 4.69. The van der Waals surface area contributed by atoms with Gasteiger partial charge in [-0.3, -0.25) is 4.79 Å². The molecule has 0 aliphatic carbocycles. The van der Waals surface area contributed by atoms with Gasteiger partial charge in [-0.05, 0) is 25.1 Å². The van der Waals surface area contributed by atoms with Gasteiger partial charge < -0.3 is 19.9 Å². The van der Waals surface area contributed by atoms with Gasteiger partial charge in [0.15, 0.2) is 11.6 Å². The van der Waals surface area contributed by atoms with Gasteiger partial charge in [-0.15, -0.1) is 0 Å². The third-order valence-corrected chi connectivity index (χ3v) is 3.51. The SMILES string of the molecule is CC(Oc1cccc(Cl)c1)C(=O)NC1(C(=O)O)CCOC1. The second kappa shape index (κ2) is 6.32. The molecule has 1 aromatic rings. The smallest absolute Gasteiger partial charge is 0.331 e. The van der Waals surface area contributed by atoms with Crippen molar-refractivity contribution in [3.63, 3.8) is 0 Å². The molecule has 1 aliphatic rings. The third kappa shape index (κ3) is 3.65. The molecule has 2 unspecified atom stereocenters. The fourth-order valence-electron chi connectivity index (χ4n) is 2.02. The van der Waals surface area contributed by atoms with Crippen LogP contribution in [0, 0.1) is 0 Å². The number of carbonyl (C=O) groups is 2. The lowest BCUT2D eigenvalue weighted by atomic mass is 9.98. The van der Waals surface area contributed by atoms with Crippen molar-refractivity contribution in [3.05, 3.63) is 29.3 Å². The number of carboxylic acids is 1. The van der Waals surface area contributed by atoms with Crippen molar-refractivity contribution in [2.75, 3.05) is 13.2 Å². The van der Waals surface area contributed by atoms with E-state index in [-0.39, 0.29) is 13.0 Å². The first-order chi connectivity index (χ1) is 9.93. The second-order valence-electron chi connectivity index (χ2n) is 4.90. The Morgan fingerprint density at radius 1 is 1.52 bits per heavy atom. The molecule has 6 nitrogen and oxygen atoms in total. The van der Waals surface area contributed by atoms with Crippen LogP contribution in [0.1, 0.15) is 13.3 Å². The maximum Gasteiger partial charge on any atom is 0.331 e. The molecule has 21 heavy (non-hydrogen) atoms. The van der Waals surface area contributed by atoms with E-state index in [0.29, 0.717) is 17.4 Å². The molecule has 1 amide bonds. The number of rotatable bonds is 5. The van der Waals surface area contributed by atoms with Crippen molar-refractivity contribution in [1.82, 2.24) is 5.32 Å². The van der Waals surface area contributed by atoms with Crippen LogP contribution < -0.4 is 10.1 Å². The van der Waals surface area contributed by atoms with Crippen molar-refractivity contribution in [3.8, 4) is 5.75 Å². The molecule has 7 heteroatoms. The van der Waals surface area contributed by atoms with Crippen molar-refractivity contribution in [1.29, 1.82) is 0 Å². The fraction of sp³-hybridized carbons (Fsp3) is 0.429. The summed E-state index contributed by atoms with van der Waals surface area (Å²) in [5, 5.41) is 12.3. The molecule has 1 aromatic carbocycles. The van der Waals surface area contributed by atoms with Crippen LogP contribution in [0.25, 0.3) is 0 Å². The lowest BCUT2D eigenvalue weighted by Gasteiger charge is -2.25. The molecule has 2 atom stereocenters. The first-order valence-electron chi connectivity index (χ1n) is 6.48. The number of nitrogens with one attached hydrogen (secondary N) is 1. The van der Waals surface area contributed by atoms with Gasteiger partial charge in [0.2, 0.25) is 0 Å². The van der Waals surface area contributed by atoms with Crippen LogP contribution in [0.15, 0.2) is 24.3 Å². The number of amides is 1. The lowest BCUT2D eigenvalue weighted by molar-refractivity contribution is -0.148. The van der Waals surface area contributed by atoms with E-state index in [0.717, 1.165) is 0 Å². The zero-order chi connectivity index (χ0) is 15.5. The molecule has 1 saturated heterocycles. The zero-order valence-corrected chi connectivity index (χ0v) is 12.2. The normalized spacial score (nSPS) is 22.6. The zero-order valence-electron chi connectivity index (χ0n) is 11.5. The highest BCUT2D eigenvalue weighted by Crippen LogP contribution is 2.21. The monoisotopic (exact) mass is 313 g/mol. The highest BCUT2D eigenvalue weighted by atomic mass is 35.5. The van der Waals surface area contributed by atoms with E-state index in [1.54, 1.807) is 31.2 Å². The maximum absolute atomic E-state index is 12.1. The second-order valence-corrected chi connectivity index (χ2v) is 5.33. The van der Waals surface area contributed by atoms with Crippen molar-refractivity contribution in [2.24, 2.45) is 0 Å². The Bertz CT molecular complexity index is 542. The molecule has 1 aliphatic heterocycles. The summed E-state index contributed by atoms with van der Waals surface area (Å²) in [7, 11) is 0. The minimum atomic E-state index is -1.37. The summed E-state index contributed by atoms with van der Waals surface area (Å²) < 4.78 is 10.5. The van der Waals surface area contributed by atoms with E-state index in [1.807, 2.05) is 0 Å². The summed E-state index contributed by atoms with van der Waals surface area (Å²) in [5.74, 6) is -1.18. The van der Waals surface area contributed by atoms with Gasteiger partial charge >= 0.3 is 5.97 Å². The Balaban J connectivity index is 2.01. The first-order valence-corrected chi connectivity index (χ1v) is 6.86.